The second kappa shape index (κ2) is 9.41. The van der Waals surface area contributed by atoms with Gasteiger partial charge in [0.05, 0.1) is 27.5 Å². The Kier molecular flexibility index (Phi) is 6.18. The maximum absolute atomic E-state index is 10.9. The lowest BCUT2D eigenvalue weighted by Gasteiger charge is -2.19. The zero-order chi connectivity index (χ0) is 23.7. The van der Waals surface area contributed by atoms with E-state index in [-0.39, 0.29) is 17.1 Å². The van der Waals surface area contributed by atoms with Gasteiger partial charge in [-0.25, -0.2) is 4.98 Å². The molecule has 0 unspecified atom stereocenters. The molecule has 1 saturated heterocycles. The van der Waals surface area contributed by atoms with E-state index in [4.69, 9.17) is 11.6 Å². The Hall–Kier alpha value is -3.48. The maximum Gasteiger partial charge on any atom is 0.232 e. The van der Waals surface area contributed by atoms with Crippen molar-refractivity contribution in [1.29, 1.82) is 5.26 Å². The van der Waals surface area contributed by atoms with Crippen LogP contribution in [0.25, 0.3) is 22.3 Å². The lowest BCUT2D eigenvalue weighted by molar-refractivity contribution is 0.420. The third-order valence-corrected chi connectivity index (χ3v) is 7.11. The van der Waals surface area contributed by atoms with Crippen molar-refractivity contribution in [3.8, 4) is 11.8 Å². The van der Waals surface area contributed by atoms with Crippen molar-refractivity contribution in [3.63, 3.8) is 0 Å². The van der Waals surface area contributed by atoms with Gasteiger partial charge in [0, 0.05) is 20.1 Å². The summed E-state index contributed by atoms with van der Waals surface area (Å²) in [5.74, 6) is 1.22. The van der Waals surface area contributed by atoms with Gasteiger partial charge in [-0.3, -0.25) is 4.57 Å². The van der Waals surface area contributed by atoms with Crippen LogP contribution in [0.1, 0.15) is 18.7 Å². The molecule has 0 radical (unpaired) electrons. The van der Waals surface area contributed by atoms with Gasteiger partial charge < -0.3 is 14.6 Å². The smallest absolute Gasteiger partial charge is 0.232 e. The van der Waals surface area contributed by atoms with Crippen molar-refractivity contribution in [2.75, 3.05) is 23.7 Å². The Morgan fingerprint density at radius 2 is 1.85 bits per heavy atom. The fourth-order valence-corrected chi connectivity index (χ4v) is 5.18. The van der Waals surface area contributed by atoms with Crippen LogP contribution in [0.5, 0.6) is 0 Å². The average Bonchev–Trinajstić information content (AvgIpc) is 3.59. The van der Waals surface area contributed by atoms with Crippen molar-refractivity contribution in [3.05, 3.63) is 65.1 Å². The number of allylic oxidation sites excluding steroid dienone is 1. The Balaban J connectivity index is 1.50. The van der Waals surface area contributed by atoms with Crippen molar-refractivity contribution >= 4 is 45.9 Å². The molecule has 2 aromatic heterocycles. The third kappa shape index (κ3) is 4.00. The van der Waals surface area contributed by atoms with E-state index in [2.05, 4.69) is 26.2 Å². The maximum atomic E-state index is 10.9. The molecule has 4 aromatic rings. The van der Waals surface area contributed by atoms with Crippen LogP contribution in [0.2, 0.25) is 5.02 Å². The summed E-state index contributed by atoms with van der Waals surface area (Å²) < 4.78 is 3.74. The number of rotatable bonds is 6. The number of aliphatic hydroxyl groups excluding tert-OH is 1. The summed E-state index contributed by atoms with van der Waals surface area (Å²) in [6.07, 6.45) is 2.20. The number of aryl methyl sites for hydroxylation is 1. The van der Waals surface area contributed by atoms with Gasteiger partial charge in [0.15, 0.2) is 11.0 Å². The zero-order valence-electron chi connectivity index (χ0n) is 18.5. The number of para-hydroxylation sites is 3. The number of fused-ring (bicyclic) bond motifs is 1. The molecule has 0 amide bonds. The first-order valence-corrected chi connectivity index (χ1v) is 12.3. The monoisotopic (exact) mass is 491 g/mol. The molecule has 0 spiro atoms. The highest BCUT2D eigenvalue weighted by molar-refractivity contribution is 7.99. The average molecular weight is 492 g/mol. The number of aromatic nitrogens is 5. The highest BCUT2D eigenvalue weighted by Crippen LogP contribution is 2.33. The van der Waals surface area contributed by atoms with E-state index in [1.54, 1.807) is 0 Å². The molecule has 0 atom stereocenters. The van der Waals surface area contributed by atoms with E-state index in [1.165, 1.54) is 11.8 Å². The van der Waals surface area contributed by atoms with E-state index in [0.29, 0.717) is 16.0 Å². The number of halogens is 1. The lowest BCUT2D eigenvalue weighted by atomic mass is 10.2. The standard InChI is InChI=1S/C24H22ClN7OS/c1-30-20-11-5-3-9-18(20)27-22(30)16(14-26)21(33)15-34-24-29-28-23(31-12-6-7-13-31)32(24)19-10-4-2-8-17(19)25/h2-5,8-11,33H,6-7,12-13,15H2,1H3/b21-16-. The van der Waals surface area contributed by atoms with E-state index in [9.17, 15) is 10.4 Å². The molecule has 172 valence electrons. The first-order valence-electron chi connectivity index (χ1n) is 10.9. The first kappa shape index (κ1) is 22.3. The molecule has 5 rings (SSSR count). The van der Waals surface area contributed by atoms with Crippen molar-refractivity contribution in [1.82, 2.24) is 24.3 Å². The van der Waals surface area contributed by atoms with E-state index < -0.39 is 0 Å². The van der Waals surface area contributed by atoms with Crippen molar-refractivity contribution in [2.45, 2.75) is 18.0 Å². The molecule has 34 heavy (non-hydrogen) atoms. The van der Waals surface area contributed by atoms with Gasteiger partial charge in [-0.05, 0) is 37.1 Å². The van der Waals surface area contributed by atoms with Gasteiger partial charge >= 0.3 is 0 Å². The van der Waals surface area contributed by atoms with Gasteiger partial charge in [0.25, 0.3) is 0 Å². The van der Waals surface area contributed by atoms with Gasteiger partial charge in [0.2, 0.25) is 5.95 Å². The topological polar surface area (TPSA) is 95.8 Å². The molecule has 0 saturated carbocycles. The summed E-state index contributed by atoms with van der Waals surface area (Å²) >= 11 is 7.82. The number of hydrogen-bond acceptors (Lipinski definition) is 7. The predicted octanol–water partition coefficient (Wildman–Crippen LogP) is 4.99. The lowest BCUT2D eigenvalue weighted by Crippen LogP contribution is -2.22. The largest absolute Gasteiger partial charge is 0.510 e. The van der Waals surface area contributed by atoms with Crippen LogP contribution in [0.3, 0.4) is 0 Å². The number of anilines is 1. The third-order valence-electron chi connectivity index (χ3n) is 5.85. The van der Waals surface area contributed by atoms with Gasteiger partial charge in [-0.2, -0.15) is 5.26 Å². The van der Waals surface area contributed by atoms with Crippen LogP contribution in [-0.4, -0.2) is 48.3 Å². The molecule has 10 heteroatoms. The molecule has 1 fully saturated rings. The summed E-state index contributed by atoms with van der Waals surface area (Å²) in [5, 5.41) is 30.7. The molecule has 3 heterocycles. The fourth-order valence-electron chi connectivity index (χ4n) is 4.14. The predicted molar refractivity (Wildman–Crippen MR) is 134 cm³/mol. The number of aliphatic hydroxyl groups is 1. The Morgan fingerprint density at radius 3 is 2.59 bits per heavy atom. The van der Waals surface area contributed by atoms with Crippen LogP contribution in [0.4, 0.5) is 5.95 Å². The van der Waals surface area contributed by atoms with Gasteiger partial charge in [0.1, 0.15) is 17.4 Å². The minimum atomic E-state index is -0.0673. The minimum Gasteiger partial charge on any atom is -0.510 e. The number of hydrogen-bond donors (Lipinski definition) is 1. The molecule has 0 aliphatic carbocycles. The number of benzene rings is 2. The van der Waals surface area contributed by atoms with Gasteiger partial charge in [-0.15, -0.1) is 10.2 Å². The van der Waals surface area contributed by atoms with Crippen molar-refractivity contribution in [2.24, 2.45) is 7.05 Å². The Bertz CT molecular complexity index is 1430. The van der Waals surface area contributed by atoms with E-state index >= 15 is 0 Å². The zero-order valence-corrected chi connectivity index (χ0v) is 20.1. The normalized spacial score (nSPS) is 14.4. The number of thioether (sulfide) groups is 1. The summed E-state index contributed by atoms with van der Waals surface area (Å²) in [6, 6.07) is 17.3. The molecule has 1 aliphatic heterocycles. The summed E-state index contributed by atoms with van der Waals surface area (Å²) in [7, 11) is 1.83. The molecular formula is C24H22ClN7OS. The summed E-state index contributed by atoms with van der Waals surface area (Å²) in [6.45, 7) is 1.81. The number of nitriles is 1. The number of nitrogens with zero attached hydrogens (tertiary/aromatic N) is 7. The van der Waals surface area contributed by atoms with Crippen LogP contribution < -0.4 is 4.90 Å². The fraction of sp³-hybridized carbons (Fsp3) is 0.250. The quantitative estimate of drug-likeness (QED) is 0.230. The van der Waals surface area contributed by atoms with Crippen molar-refractivity contribution < 1.29 is 5.11 Å². The highest BCUT2D eigenvalue weighted by atomic mass is 35.5. The van der Waals surface area contributed by atoms with E-state index in [0.717, 1.165) is 48.6 Å². The molecule has 2 aromatic carbocycles. The number of imidazole rings is 1. The van der Waals surface area contributed by atoms with Crippen LogP contribution in [0.15, 0.2) is 59.4 Å². The minimum absolute atomic E-state index is 0.0673. The highest BCUT2D eigenvalue weighted by Gasteiger charge is 2.24. The second-order valence-corrected chi connectivity index (χ2v) is 9.32. The Labute approximate surface area is 206 Å². The second-order valence-electron chi connectivity index (χ2n) is 7.97. The van der Waals surface area contributed by atoms with Crippen LogP contribution >= 0.6 is 23.4 Å². The molecule has 1 N–H and O–H groups in total. The molecule has 8 nitrogen and oxygen atoms in total. The van der Waals surface area contributed by atoms with E-state index in [1.807, 2.05) is 64.7 Å². The van der Waals surface area contributed by atoms with Crippen LogP contribution in [0, 0.1) is 11.3 Å². The molecule has 0 bridgehead atoms. The molecular weight excluding hydrogens is 470 g/mol. The first-order chi connectivity index (χ1) is 16.6. The Morgan fingerprint density at radius 1 is 1.12 bits per heavy atom. The van der Waals surface area contributed by atoms with Crippen LogP contribution in [-0.2, 0) is 7.05 Å². The SMILES string of the molecule is Cn1c(/C(C#N)=C(\O)CSc2nnc(N3CCCC3)n2-c2ccccc2Cl)nc2ccccc21. The molecule has 1 aliphatic rings. The van der Waals surface area contributed by atoms with Gasteiger partial charge in [-0.1, -0.05) is 47.6 Å². The summed E-state index contributed by atoms with van der Waals surface area (Å²) in [5.41, 5.74) is 2.56. The summed E-state index contributed by atoms with van der Waals surface area (Å²) in [4.78, 5) is 6.74.